The first kappa shape index (κ1) is 23.7. The average molecular weight is 508 g/mol. The molecule has 0 amide bonds. The lowest BCUT2D eigenvalue weighted by Crippen LogP contribution is -2.25. The van der Waals surface area contributed by atoms with E-state index in [2.05, 4.69) is 69.8 Å². The maximum atomic E-state index is 6.23. The van der Waals surface area contributed by atoms with Gasteiger partial charge in [-0.1, -0.05) is 47.4 Å². The molecule has 2 aromatic carbocycles. The largest absolute Gasteiger partial charge is 0.491 e. The van der Waals surface area contributed by atoms with E-state index in [9.17, 15) is 0 Å². The number of fused-ring (bicyclic) bond motifs is 1. The predicted octanol–water partition coefficient (Wildman–Crippen LogP) is 7.15. The molecule has 0 atom stereocenters. The summed E-state index contributed by atoms with van der Waals surface area (Å²) in [5.41, 5.74) is 4.21. The molecule has 0 fully saturated rings. The molecule has 0 bridgehead atoms. The summed E-state index contributed by atoms with van der Waals surface area (Å²) in [6.45, 7) is 7.16. The van der Waals surface area contributed by atoms with Crippen LogP contribution in [0.25, 0.3) is 11.0 Å². The molecule has 0 saturated heterocycles. The van der Waals surface area contributed by atoms with Crippen LogP contribution in [0.4, 0.5) is 17.3 Å². The third kappa shape index (κ3) is 5.86. The first-order valence-corrected chi connectivity index (χ1v) is 12.5. The Morgan fingerprint density at radius 3 is 2.61 bits per heavy atom. The normalized spacial score (nSPS) is 11.1. The summed E-state index contributed by atoms with van der Waals surface area (Å²) < 4.78 is 8.15. The van der Waals surface area contributed by atoms with E-state index < -0.39 is 0 Å². The standard InChI is InChI=1S/C24H32BrClN4O/c1-4-14-30(15-5-2)21-10-8-9-20-23(21)29(3)24(28-20)27-19-12-11-18(26)17-22(19)31-16-7-6-13-25/h8-12,17H,4-7,13-16H2,1-3H3,(H,27,28). The van der Waals surface area contributed by atoms with Crippen molar-refractivity contribution in [3.63, 3.8) is 0 Å². The number of anilines is 3. The molecule has 0 aliphatic rings. The van der Waals surface area contributed by atoms with Gasteiger partial charge in [0.05, 0.1) is 29.0 Å². The van der Waals surface area contributed by atoms with Gasteiger partial charge in [-0.3, -0.25) is 0 Å². The predicted molar refractivity (Wildman–Crippen MR) is 137 cm³/mol. The number of alkyl halides is 1. The molecule has 1 N–H and O–H groups in total. The van der Waals surface area contributed by atoms with Gasteiger partial charge in [0.15, 0.2) is 0 Å². The van der Waals surface area contributed by atoms with E-state index in [1.54, 1.807) is 0 Å². The van der Waals surface area contributed by atoms with Gasteiger partial charge in [0.25, 0.3) is 0 Å². The Bertz CT molecular complexity index is 985. The number of hydrogen-bond acceptors (Lipinski definition) is 4. The van der Waals surface area contributed by atoms with Crippen LogP contribution in [-0.2, 0) is 7.05 Å². The van der Waals surface area contributed by atoms with Crippen LogP contribution < -0.4 is 15.0 Å². The van der Waals surface area contributed by atoms with Gasteiger partial charge in [-0.2, -0.15) is 0 Å². The maximum Gasteiger partial charge on any atom is 0.208 e. The fraction of sp³-hybridized carbons (Fsp3) is 0.458. The fourth-order valence-electron chi connectivity index (χ4n) is 3.73. The molecular weight excluding hydrogens is 476 g/mol. The van der Waals surface area contributed by atoms with Gasteiger partial charge in [0, 0.05) is 36.6 Å². The summed E-state index contributed by atoms with van der Waals surface area (Å²) in [6.07, 6.45) is 4.28. The van der Waals surface area contributed by atoms with Crippen molar-refractivity contribution in [3.05, 3.63) is 41.4 Å². The van der Waals surface area contributed by atoms with E-state index in [1.165, 1.54) is 5.69 Å². The summed E-state index contributed by atoms with van der Waals surface area (Å²) in [4.78, 5) is 7.33. The number of aryl methyl sites for hydroxylation is 1. The van der Waals surface area contributed by atoms with Crippen molar-refractivity contribution in [2.45, 2.75) is 39.5 Å². The van der Waals surface area contributed by atoms with Crippen molar-refractivity contribution in [1.82, 2.24) is 9.55 Å². The van der Waals surface area contributed by atoms with Crippen molar-refractivity contribution in [2.75, 3.05) is 35.2 Å². The number of hydrogen-bond donors (Lipinski definition) is 1. The highest BCUT2D eigenvalue weighted by Gasteiger charge is 2.17. The third-order valence-electron chi connectivity index (χ3n) is 5.18. The van der Waals surface area contributed by atoms with E-state index in [0.29, 0.717) is 11.6 Å². The molecule has 0 saturated carbocycles. The van der Waals surface area contributed by atoms with Crippen LogP contribution in [-0.4, -0.2) is 34.6 Å². The second-order valence-corrected chi connectivity index (χ2v) is 8.87. The van der Waals surface area contributed by atoms with Gasteiger partial charge in [-0.05, 0) is 49.9 Å². The van der Waals surface area contributed by atoms with Gasteiger partial charge >= 0.3 is 0 Å². The highest BCUT2D eigenvalue weighted by atomic mass is 79.9. The Morgan fingerprint density at radius 2 is 1.90 bits per heavy atom. The lowest BCUT2D eigenvalue weighted by Gasteiger charge is -2.25. The Morgan fingerprint density at radius 1 is 1.13 bits per heavy atom. The maximum absolute atomic E-state index is 6.23. The first-order valence-electron chi connectivity index (χ1n) is 11.0. The molecule has 31 heavy (non-hydrogen) atoms. The van der Waals surface area contributed by atoms with Gasteiger partial charge in [-0.15, -0.1) is 0 Å². The molecule has 7 heteroatoms. The monoisotopic (exact) mass is 506 g/mol. The van der Waals surface area contributed by atoms with Crippen molar-refractivity contribution in [3.8, 4) is 5.75 Å². The van der Waals surface area contributed by atoms with Crippen LogP contribution in [0.3, 0.4) is 0 Å². The number of aromatic nitrogens is 2. The second kappa shape index (κ2) is 11.6. The number of imidazole rings is 1. The summed E-state index contributed by atoms with van der Waals surface area (Å²) in [7, 11) is 2.06. The molecule has 0 unspecified atom stereocenters. The minimum atomic E-state index is 0.649. The minimum absolute atomic E-state index is 0.649. The zero-order valence-electron chi connectivity index (χ0n) is 18.6. The lowest BCUT2D eigenvalue weighted by atomic mass is 10.2. The van der Waals surface area contributed by atoms with Crippen LogP contribution in [0.15, 0.2) is 36.4 Å². The molecule has 0 aliphatic carbocycles. The summed E-state index contributed by atoms with van der Waals surface area (Å²) in [6, 6.07) is 12.0. The van der Waals surface area contributed by atoms with Crippen LogP contribution in [0.1, 0.15) is 39.5 Å². The van der Waals surface area contributed by atoms with E-state index in [0.717, 1.165) is 72.5 Å². The highest BCUT2D eigenvalue weighted by Crippen LogP contribution is 2.34. The number of nitrogens with zero attached hydrogens (tertiary/aromatic N) is 3. The molecule has 3 rings (SSSR count). The number of benzene rings is 2. The van der Waals surface area contributed by atoms with Crippen LogP contribution in [0.2, 0.25) is 5.02 Å². The number of nitrogens with one attached hydrogen (secondary N) is 1. The quantitative estimate of drug-likeness (QED) is 0.209. The Balaban J connectivity index is 1.92. The molecule has 1 heterocycles. The minimum Gasteiger partial charge on any atom is -0.491 e. The van der Waals surface area contributed by atoms with Gasteiger partial charge in [0.2, 0.25) is 5.95 Å². The summed E-state index contributed by atoms with van der Waals surface area (Å²) in [5.74, 6) is 1.52. The topological polar surface area (TPSA) is 42.3 Å². The first-order chi connectivity index (χ1) is 15.1. The average Bonchev–Trinajstić information content (AvgIpc) is 3.08. The molecular formula is C24H32BrClN4O. The van der Waals surface area contributed by atoms with Crippen molar-refractivity contribution >= 4 is 55.9 Å². The van der Waals surface area contributed by atoms with Crippen LogP contribution in [0, 0.1) is 0 Å². The molecule has 168 valence electrons. The zero-order chi connectivity index (χ0) is 22.2. The Kier molecular flexibility index (Phi) is 8.90. The van der Waals surface area contributed by atoms with Crippen molar-refractivity contribution in [1.29, 1.82) is 0 Å². The lowest BCUT2D eigenvalue weighted by molar-refractivity contribution is 0.311. The van der Waals surface area contributed by atoms with Gasteiger partial charge in [-0.25, -0.2) is 4.98 Å². The van der Waals surface area contributed by atoms with Crippen LogP contribution in [0.5, 0.6) is 5.75 Å². The SMILES string of the molecule is CCCN(CCC)c1cccc2nc(Nc3ccc(Cl)cc3OCCCCBr)n(C)c12. The van der Waals surface area contributed by atoms with Crippen molar-refractivity contribution < 1.29 is 4.74 Å². The second-order valence-electron chi connectivity index (χ2n) is 7.64. The Hall–Kier alpha value is -1.92. The number of ether oxygens (including phenoxy) is 1. The number of unbranched alkanes of at least 4 members (excludes halogenated alkanes) is 1. The van der Waals surface area contributed by atoms with Crippen molar-refractivity contribution in [2.24, 2.45) is 7.05 Å². The van der Waals surface area contributed by atoms with Gasteiger partial charge in [0.1, 0.15) is 5.75 Å². The zero-order valence-corrected chi connectivity index (χ0v) is 21.0. The summed E-state index contributed by atoms with van der Waals surface area (Å²) >= 11 is 9.69. The fourth-order valence-corrected chi connectivity index (χ4v) is 4.28. The molecule has 1 aromatic heterocycles. The van der Waals surface area contributed by atoms with Gasteiger partial charge < -0.3 is 19.5 Å². The van der Waals surface area contributed by atoms with E-state index >= 15 is 0 Å². The third-order valence-corrected chi connectivity index (χ3v) is 5.97. The number of rotatable bonds is 12. The molecule has 0 radical (unpaired) electrons. The van der Waals surface area contributed by atoms with E-state index in [-0.39, 0.29) is 0 Å². The highest BCUT2D eigenvalue weighted by molar-refractivity contribution is 9.09. The molecule has 3 aromatic rings. The molecule has 0 spiro atoms. The number of halogens is 2. The number of para-hydroxylation sites is 1. The molecule has 0 aliphatic heterocycles. The smallest absolute Gasteiger partial charge is 0.208 e. The van der Waals surface area contributed by atoms with E-state index in [1.807, 2.05) is 18.2 Å². The van der Waals surface area contributed by atoms with Crippen LogP contribution >= 0.6 is 27.5 Å². The van der Waals surface area contributed by atoms with E-state index in [4.69, 9.17) is 21.3 Å². The molecule has 5 nitrogen and oxygen atoms in total. The summed E-state index contributed by atoms with van der Waals surface area (Å²) in [5, 5.41) is 5.10. The Labute approximate surface area is 198 Å².